The Morgan fingerprint density at radius 1 is 1.08 bits per heavy atom. The topological polar surface area (TPSA) is 61.4 Å². The number of likely N-dealkylation sites (N-methyl/N-ethyl adjacent to an activating group) is 1. The molecule has 6 heteroatoms. The molecule has 0 aliphatic rings. The summed E-state index contributed by atoms with van der Waals surface area (Å²) >= 11 is 5.84. The number of carbonyl (C=O) groups excluding carboxylic acids is 2. The predicted octanol–water partition coefficient (Wildman–Crippen LogP) is 3.85. The Balaban J connectivity index is 1.91. The number of carbonyl (C=O) groups is 2. The first-order valence-electron chi connectivity index (χ1n) is 8.40. The summed E-state index contributed by atoms with van der Waals surface area (Å²) in [6.07, 6.45) is 0. The van der Waals surface area contributed by atoms with Crippen molar-refractivity contribution in [1.29, 1.82) is 0 Å². The summed E-state index contributed by atoms with van der Waals surface area (Å²) in [7, 11) is 1.74. The molecular formula is C20H24ClN3O2. The molecule has 0 spiro atoms. The summed E-state index contributed by atoms with van der Waals surface area (Å²) in [6, 6.07) is 12.3. The Labute approximate surface area is 159 Å². The Morgan fingerprint density at radius 3 is 2.38 bits per heavy atom. The van der Waals surface area contributed by atoms with Crippen molar-refractivity contribution in [3.63, 3.8) is 0 Å². The van der Waals surface area contributed by atoms with Crippen molar-refractivity contribution in [3.8, 4) is 0 Å². The van der Waals surface area contributed by atoms with Gasteiger partial charge in [-0.3, -0.25) is 14.5 Å². The van der Waals surface area contributed by atoms with Crippen LogP contribution in [0.25, 0.3) is 0 Å². The maximum absolute atomic E-state index is 12.4. The van der Waals surface area contributed by atoms with E-state index in [1.165, 1.54) is 0 Å². The Bertz CT molecular complexity index is 790. The van der Waals surface area contributed by atoms with Crippen LogP contribution in [-0.4, -0.2) is 36.3 Å². The van der Waals surface area contributed by atoms with E-state index in [1.807, 2.05) is 32.0 Å². The molecular weight excluding hydrogens is 350 g/mol. The minimum absolute atomic E-state index is 0.114. The number of nitrogens with zero attached hydrogens (tertiary/aromatic N) is 1. The quantitative estimate of drug-likeness (QED) is 0.808. The molecule has 2 amide bonds. The molecule has 0 fully saturated rings. The second-order valence-corrected chi connectivity index (χ2v) is 6.89. The molecule has 0 radical (unpaired) electrons. The van der Waals surface area contributed by atoms with Gasteiger partial charge in [0.15, 0.2) is 0 Å². The molecule has 0 heterocycles. The lowest BCUT2D eigenvalue weighted by Crippen LogP contribution is -2.43. The SMILES string of the molecule is Cc1ccc(C)c(NC(=O)CN(C)[C@@H](C)C(=O)Nc2ccc(Cl)cc2)c1. The Kier molecular flexibility index (Phi) is 6.77. The van der Waals surface area contributed by atoms with Gasteiger partial charge < -0.3 is 10.6 Å². The molecule has 0 aliphatic carbocycles. The molecule has 0 unspecified atom stereocenters. The molecule has 2 rings (SSSR count). The third-order valence-electron chi connectivity index (χ3n) is 4.21. The monoisotopic (exact) mass is 373 g/mol. The van der Waals surface area contributed by atoms with E-state index in [-0.39, 0.29) is 18.4 Å². The van der Waals surface area contributed by atoms with E-state index in [0.29, 0.717) is 10.7 Å². The average Bonchev–Trinajstić information content (AvgIpc) is 2.59. The van der Waals surface area contributed by atoms with Gasteiger partial charge >= 0.3 is 0 Å². The lowest BCUT2D eigenvalue weighted by Gasteiger charge is -2.23. The van der Waals surface area contributed by atoms with Gasteiger partial charge in [-0.25, -0.2) is 0 Å². The number of amides is 2. The van der Waals surface area contributed by atoms with E-state index in [1.54, 1.807) is 43.1 Å². The lowest BCUT2D eigenvalue weighted by atomic mass is 10.1. The minimum Gasteiger partial charge on any atom is -0.325 e. The molecule has 0 saturated carbocycles. The highest BCUT2D eigenvalue weighted by Gasteiger charge is 2.20. The molecule has 5 nitrogen and oxygen atoms in total. The van der Waals surface area contributed by atoms with Gasteiger partial charge in [-0.15, -0.1) is 0 Å². The van der Waals surface area contributed by atoms with Crippen LogP contribution in [0.3, 0.4) is 0 Å². The van der Waals surface area contributed by atoms with Crippen molar-refractivity contribution in [1.82, 2.24) is 4.90 Å². The first kappa shape index (κ1) is 19.9. The average molecular weight is 374 g/mol. The van der Waals surface area contributed by atoms with E-state index >= 15 is 0 Å². The van der Waals surface area contributed by atoms with E-state index < -0.39 is 6.04 Å². The fraction of sp³-hybridized carbons (Fsp3) is 0.300. The fourth-order valence-electron chi connectivity index (χ4n) is 2.40. The van der Waals surface area contributed by atoms with E-state index in [2.05, 4.69) is 10.6 Å². The first-order chi connectivity index (χ1) is 12.3. The van der Waals surface area contributed by atoms with Crippen molar-refractivity contribution in [2.75, 3.05) is 24.2 Å². The normalized spacial score (nSPS) is 11.9. The number of hydrogen-bond acceptors (Lipinski definition) is 3. The molecule has 2 aromatic rings. The molecule has 1 atom stereocenters. The standard InChI is InChI=1S/C20H24ClN3O2/c1-13-5-6-14(2)18(11-13)23-19(25)12-24(4)15(3)20(26)22-17-9-7-16(21)8-10-17/h5-11,15H,12H2,1-4H3,(H,22,26)(H,23,25)/t15-/m0/s1. The summed E-state index contributed by atoms with van der Waals surface area (Å²) in [5.74, 6) is -0.346. The Hall–Kier alpha value is -2.37. The second-order valence-electron chi connectivity index (χ2n) is 6.45. The van der Waals surface area contributed by atoms with E-state index in [0.717, 1.165) is 16.8 Å². The summed E-state index contributed by atoms with van der Waals surface area (Å²) in [5.41, 5.74) is 3.54. The van der Waals surface area contributed by atoms with Crippen LogP contribution in [0.4, 0.5) is 11.4 Å². The number of rotatable bonds is 6. The van der Waals surface area contributed by atoms with Crippen LogP contribution in [-0.2, 0) is 9.59 Å². The largest absolute Gasteiger partial charge is 0.325 e. The highest BCUT2D eigenvalue weighted by molar-refractivity contribution is 6.30. The molecule has 0 saturated heterocycles. The smallest absolute Gasteiger partial charge is 0.241 e. The van der Waals surface area contributed by atoms with Crippen molar-refractivity contribution in [3.05, 3.63) is 58.6 Å². The molecule has 138 valence electrons. The van der Waals surface area contributed by atoms with Gasteiger partial charge in [0, 0.05) is 16.4 Å². The van der Waals surface area contributed by atoms with Crippen LogP contribution in [0, 0.1) is 13.8 Å². The summed E-state index contributed by atoms with van der Waals surface area (Å²) in [6.45, 7) is 5.80. The van der Waals surface area contributed by atoms with Gasteiger partial charge in [-0.05, 0) is 69.3 Å². The summed E-state index contributed by atoms with van der Waals surface area (Å²) in [4.78, 5) is 26.4. The van der Waals surface area contributed by atoms with Gasteiger partial charge in [0.2, 0.25) is 11.8 Å². The van der Waals surface area contributed by atoms with Gasteiger partial charge in [-0.2, -0.15) is 0 Å². The molecule has 26 heavy (non-hydrogen) atoms. The second kappa shape index (κ2) is 8.83. The zero-order chi connectivity index (χ0) is 19.3. The first-order valence-corrected chi connectivity index (χ1v) is 8.78. The molecule has 0 aromatic heterocycles. The van der Waals surface area contributed by atoms with Crippen molar-refractivity contribution in [2.45, 2.75) is 26.8 Å². The van der Waals surface area contributed by atoms with Gasteiger partial charge in [-0.1, -0.05) is 23.7 Å². The fourth-order valence-corrected chi connectivity index (χ4v) is 2.53. The van der Waals surface area contributed by atoms with Crippen LogP contribution >= 0.6 is 11.6 Å². The number of nitrogens with one attached hydrogen (secondary N) is 2. The van der Waals surface area contributed by atoms with Crippen LogP contribution in [0.2, 0.25) is 5.02 Å². The number of halogens is 1. The van der Waals surface area contributed by atoms with Crippen LogP contribution in [0.1, 0.15) is 18.1 Å². The van der Waals surface area contributed by atoms with Crippen molar-refractivity contribution >= 4 is 34.8 Å². The van der Waals surface area contributed by atoms with E-state index in [4.69, 9.17) is 11.6 Å². The molecule has 2 aromatic carbocycles. The van der Waals surface area contributed by atoms with Crippen LogP contribution < -0.4 is 10.6 Å². The highest BCUT2D eigenvalue weighted by Crippen LogP contribution is 2.17. The third kappa shape index (κ3) is 5.58. The number of hydrogen-bond donors (Lipinski definition) is 2. The lowest BCUT2D eigenvalue weighted by molar-refractivity contribution is -0.122. The minimum atomic E-state index is -0.463. The highest BCUT2D eigenvalue weighted by atomic mass is 35.5. The molecule has 0 bridgehead atoms. The zero-order valence-corrected chi connectivity index (χ0v) is 16.2. The molecule has 2 N–H and O–H groups in total. The van der Waals surface area contributed by atoms with Crippen LogP contribution in [0.15, 0.2) is 42.5 Å². The zero-order valence-electron chi connectivity index (χ0n) is 15.5. The predicted molar refractivity (Wildman–Crippen MR) is 107 cm³/mol. The van der Waals surface area contributed by atoms with Crippen molar-refractivity contribution < 1.29 is 9.59 Å². The van der Waals surface area contributed by atoms with Crippen LogP contribution in [0.5, 0.6) is 0 Å². The van der Waals surface area contributed by atoms with E-state index in [9.17, 15) is 9.59 Å². The summed E-state index contributed by atoms with van der Waals surface area (Å²) < 4.78 is 0. The maximum Gasteiger partial charge on any atom is 0.241 e. The summed E-state index contributed by atoms with van der Waals surface area (Å²) in [5, 5.41) is 6.33. The Morgan fingerprint density at radius 2 is 1.73 bits per heavy atom. The van der Waals surface area contributed by atoms with Crippen molar-refractivity contribution in [2.24, 2.45) is 0 Å². The molecule has 0 aliphatic heterocycles. The van der Waals surface area contributed by atoms with Gasteiger partial charge in [0.1, 0.15) is 0 Å². The number of anilines is 2. The number of aryl methyl sites for hydroxylation is 2. The van der Waals surface area contributed by atoms with Gasteiger partial charge in [0.05, 0.1) is 12.6 Å². The third-order valence-corrected chi connectivity index (χ3v) is 4.46. The maximum atomic E-state index is 12.4. The van der Waals surface area contributed by atoms with Gasteiger partial charge in [0.25, 0.3) is 0 Å². The number of benzene rings is 2.